The van der Waals surface area contributed by atoms with Crippen molar-refractivity contribution in [1.82, 2.24) is 9.55 Å². The Labute approximate surface area is 122 Å². The zero-order chi connectivity index (χ0) is 14.5. The van der Waals surface area contributed by atoms with E-state index in [1.54, 1.807) is 23.6 Å². The molecule has 2 aromatic heterocycles. The molecule has 0 aliphatic rings. The summed E-state index contributed by atoms with van der Waals surface area (Å²) in [5.74, 6) is -0.129. The van der Waals surface area contributed by atoms with Crippen molar-refractivity contribution < 1.29 is 4.79 Å². The molecule has 0 N–H and O–H groups in total. The molecule has 0 aliphatic heterocycles. The van der Waals surface area contributed by atoms with Crippen LogP contribution in [0.3, 0.4) is 0 Å². The Kier molecular flexibility index (Phi) is 4.63. The molecular weight excluding hydrogens is 270 g/mol. The normalized spacial score (nSPS) is 12.5. The Morgan fingerprint density at radius 3 is 2.90 bits per heavy atom. The third-order valence-electron chi connectivity index (χ3n) is 2.50. The highest BCUT2D eigenvalue weighted by Crippen LogP contribution is 2.09. The highest BCUT2D eigenvalue weighted by atomic mass is 32.1. The molecule has 0 saturated heterocycles. The van der Waals surface area contributed by atoms with Gasteiger partial charge in [-0.05, 0) is 39.0 Å². The van der Waals surface area contributed by atoms with Crippen LogP contribution in [0.25, 0.3) is 6.08 Å². The molecule has 5 heteroatoms. The number of pyridine rings is 1. The summed E-state index contributed by atoms with van der Waals surface area (Å²) in [4.78, 5) is 20.9. The first-order chi connectivity index (χ1) is 9.56. The number of hydrogen-bond donors (Lipinski definition) is 0. The predicted octanol–water partition coefficient (Wildman–Crippen LogP) is 2.92. The van der Waals surface area contributed by atoms with Crippen LogP contribution in [-0.2, 0) is 0 Å². The molecule has 0 spiro atoms. The summed E-state index contributed by atoms with van der Waals surface area (Å²) < 4.78 is 1.54. The lowest BCUT2D eigenvalue weighted by atomic mass is 10.3. The van der Waals surface area contributed by atoms with Gasteiger partial charge in [0.25, 0.3) is 5.91 Å². The summed E-state index contributed by atoms with van der Waals surface area (Å²) in [5, 5.41) is 2.91. The lowest BCUT2D eigenvalue weighted by molar-refractivity contribution is 0.0964. The molecule has 2 aromatic rings. The SMILES string of the molecule is Cc1nc(/C=C/C(=O)n2ccccc2=NC(C)C)cs1. The summed E-state index contributed by atoms with van der Waals surface area (Å²) >= 11 is 1.56. The summed E-state index contributed by atoms with van der Waals surface area (Å²) in [6.45, 7) is 5.90. The second-order valence-electron chi connectivity index (χ2n) is 4.61. The van der Waals surface area contributed by atoms with Crippen molar-refractivity contribution in [1.29, 1.82) is 0 Å². The monoisotopic (exact) mass is 287 g/mol. The van der Waals surface area contributed by atoms with Crippen LogP contribution in [-0.4, -0.2) is 21.5 Å². The summed E-state index contributed by atoms with van der Waals surface area (Å²) in [6.07, 6.45) is 4.97. The lowest BCUT2D eigenvalue weighted by Gasteiger charge is -2.03. The summed E-state index contributed by atoms with van der Waals surface area (Å²) in [7, 11) is 0. The molecule has 0 unspecified atom stereocenters. The van der Waals surface area contributed by atoms with Crippen LogP contribution < -0.4 is 5.49 Å². The van der Waals surface area contributed by atoms with Gasteiger partial charge in [0.05, 0.1) is 10.7 Å². The van der Waals surface area contributed by atoms with Crippen LogP contribution in [0, 0.1) is 6.92 Å². The van der Waals surface area contributed by atoms with Crippen molar-refractivity contribution in [2.45, 2.75) is 26.8 Å². The minimum atomic E-state index is -0.129. The maximum absolute atomic E-state index is 12.2. The fraction of sp³-hybridized carbons (Fsp3) is 0.267. The smallest absolute Gasteiger partial charge is 0.256 e. The van der Waals surface area contributed by atoms with Gasteiger partial charge in [-0.25, -0.2) is 4.98 Å². The number of rotatable bonds is 3. The number of thiazole rings is 1. The van der Waals surface area contributed by atoms with Crippen LogP contribution in [0.5, 0.6) is 0 Å². The fourth-order valence-corrected chi connectivity index (χ4v) is 2.26. The largest absolute Gasteiger partial charge is 0.269 e. The Morgan fingerprint density at radius 1 is 1.45 bits per heavy atom. The van der Waals surface area contributed by atoms with Gasteiger partial charge in [-0.15, -0.1) is 11.3 Å². The van der Waals surface area contributed by atoms with Gasteiger partial charge in [0, 0.05) is 23.7 Å². The van der Waals surface area contributed by atoms with Crippen molar-refractivity contribution >= 4 is 23.3 Å². The van der Waals surface area contributed by atoms with Gasteiger partial charge in [-0.2, -0.15) is 0 Å². The number of aromatic nitrogens is 2. The van der Waals surface area contributed by atoms with Gasteiger partial charge in [-0.1, -0.05) is 6.07 Å². The van der Waals surface area contributed by atoms with Gasteiger partial charge in [0.1, 0.15) is 5.49 Å². The lowest BCUT2D eigenvalue weighted by Crippen LogP contribution is -2.26. The standard InChI is InChI=1S/C15H17N3OS/c1-11(2)16-14-6-4-5-9-18(14)15(19)8-7-13-10-20-12(3)17-13/h4-11H,1-3H3/b8-7+,16-14?. The van der Waals surface area contributed by atoms with Crippen LogP contribution in [0.2, 0.25) is 0 Å². The molecular formula is C15H17N3OS. The zero-order valence-corrected chi connectivity index (χ0v) is 12.6. The van der Waals surface area contributed by atoms with E-state index in [9.17, 15) is 4.79 Å². The van der Waals surface area contributed by atoms with Crippen LogP contribution >= 0.6 is 11.3 Å². The van der Waals surface area contributed by atoms with Crippen molar-refractivity contribution in [2.75, 3.05) is 0 Å². The van der Waals surface area contributed by atoms with E-state index in [0.717, 1.165) is 10.7 Å². The molecule has 2 rings (SSSR count). The van der Waals surface area contributed by atoms with Gasteiger partial charge >= 0.3 is 0 Å². The number of carbonyl (C=O) groups is 1. The van der Waals surface area contributed by atoms with Gasteiger partial charge in [0.2, 0.25) is 0 Å². The van der Waals surface area contributed by atoms with E-state index in [0.29, 0.717) is 5.49 Å². The second-order valence-corrected chi connectivity index (χ2v) is 5.68. The fourth-order valence-electron chi connectivity index (χ4n) is 1.68. The first-order valence-electron chi connectivity index (χ1n) is 6.42. The van der Waals surface area contributed by atoms with E-state index in [1.807, 2.05) is 44.4 Å². The average Bonchev–Trinajstić information content (AvgIpc) is 2.82. The number of nitrogens with zero attached hydrogens (tertiary/aromatic N) is 3. The zero-order valence-electron chi connectivity index (χ0n) is 11.8. The van der Waals surface area contributed by atoms with Gasteiger partial charge in [-0.3, -0.25) is 14.4 Å². The van der Waals surface area contributed by atoms with E-state index in [4.69, 9.17) is 0 Å². The Balaban J connectivity index is 2.28. The summed E-state index contributed by atoms with van der Waals surface area (Å²) in [6, 6.07) is 5.66. The topological polar surface area (TPSA) is 47.2 Å². The Hall–Kier alpha value is -2.01. The molecule has 0 aromatic carbocycles. The van der Waals surface area contributed by atoms with Crippen molar-refractivity contribution in [3.63, 3.8) is 0 Å². The molecule has 2 heterocycles. The van der Waals surface area contributed by atoms with E-state index < -0.39 is 0 Å². The van der Waals surface area contributed by atoms with Crippen LogP contribution in [0.1, 0.15) is 29.3 Å². The molecule has 0 bridgehead atoms. The molecule has 104 valence electrons. The quantitative estimate of drug-likeness (QED) is 0.815. The molecule has 0 saturated carbocycles. The molecule has 0 amide bonds. The minimum Gasteiger partial charge on any atom is -0.269 e. The minimum absolute atomic E-state index is 0.129. The molecule has 0 fully saturated rings. The number of hydrogen-bond acceptors (Lipinski definition) is 4. The molecule has 0 atom stereocenters. The highest BCUT2D eigenvalue weighted by molar-refractivity contribution is 7.09. The molecule has 20 heavy (non-hydrogen) atoms. The number of allylic oxidation sites excluding steroid dienone is 1. The average molecular weight is 287 g/mol. The van der Waals surface area contributed by atoms with Crippen LogP contribution in [0.4, 0.5) is 0 Å². The van der Waals surface area contributed by atoms with Gasteiger partial charge < -0.3 is 0 Å². The maximum atomic E-state index is 12.2. The maximum Gasteiger partial charge on any atom is 0.256 e. The molecule has 0 aliphatic carbocycles. The first-order valence-corrected chi connectivity index (χ1v) is 7.30. The summed E-state index contributed by atoms with van der Waals surface area (Å²) in [5.41, 5.74) is 1.46. The van der Waals surface area contributed by atoms with Gasteiger partial charge in [0.15, 0.2) is 0 Å². The second kappa shape index (κ2) is 6.43. The Bertz CT molecular complexity index is 695. The van der Waals surface area contributed by atoms with Crippen LogP contribution in [0.15, 0.2) is 40.8 Å². The van der Waals surface area contributed by atoms with E-state index >= 15 is 0 Å². The molecule has 0 radical (unpaired) electrons. The third kappa shape index (κ3) is 3.74. The van der Waals surface area contributed by atoms with E-state index in [2.05, 4.69) is 9.98 Å². The van der Waals surface area contributed by atoms with Crippen molar-refractivity contribution in [3.05, 3.63) is 52.0 Å². The van der Waals surface area contributed by atoms with Crippen molar-refractivity contribution in [3.8, 4) is 0 Å². The van der Waals surface area contributed by atoms with E-state index in [1.165, 1.54) is 10.6 Å². The number of carbonyl (C=O) groups excluding carboxylic acids is 1. The predicted molar refractivity (Wildman–Crippen MR) is 81.6 cm³/mol. The molecule has 4 nitrogen and oxygen atoms in total. The first kappa shape index (κ1) is 14.4. The van der Waals surface area contributed by atoms with E-state index in [-0.39, 0.29) is 11.9 Å². The Morgan fingerprint density at radius 2 is 2.25 bits per heavy atom. The van der Waals surface area contributed by atoms with Crippen molar-refractivity contribution in [2.24, 2.45) is 4.99 Å². The third-order valence-corrected chi connectivity index (χ3v) is 3.29. The highest BCUT2D eigenvalue weighted by Gasteiger charge is 2.02. The number of aryl methyl sites for hydroxylation is 1.